The van der Waals surface area contributed by atoms with Gasteiger partial charge in [-0.3, -0.25) is 9.59 Å². The van der Waals surface area contributed by atoms with E-state index in [2.05, 4.69) is 13.2 Å². The third kappa shape index (κ3) is 12.7. The number of hydrogen-bond acceptors (Lipinski definition) is 6. The Morgan fingerprint density at radius 2 is 0.962 bits per heavy atom. The zero-order valence-corrected chi connectivity index (χ0v) is 14.8. The summed E-state index contributed by atoms with van der Waals surface area (Å²) in [5.41, 5.74) is 0.464. The van der Waals surface area contributed by atoms with Crippen LogP contribution >= 0.6 is 0 Å². The van der Waals surface area contributed by atoms with Crippen LogP contribution in [0, 0.1) is 0 Å². The van der Waals surface area contributed by atoms with Crippen LogP contribution in [-0.4, -0.2) is 47.3 Å². The largest absolute Gasteiger partial charge is 0.481 e. The molecule has 0 bridgehead atoms. The lowest BCUT2D eigenvalue weighted by molar-refractivity contribution is -0.141. The average Bonchev–Trinajstić information content (AvgIpc) is 2.56. The summed E-state index contributed by atoms with van der Waals surface area (Å²) >= 11 is 0. The van der Waals surface area contributed by atoms with Crippen LogP contribution in [-0.2, 0) is 28.7 Å². The minimum Gasteiger partial charge on any atom is -0.481 e. The summed E-state index contributed by atoms with van der Waals surface area (Å²) in [6.45, 7) is 7.42. The summed E-state index contributed by atoms with van der Waals surface area (Å²) in [5.74, 6) is -2.96. The predicted octanol–water partition coefficient (Wildman–Crippen LogP) is 2.48. The van der Waals surface area contributed by atoms with Crippen molar-refractivity contribution >= 4 is 23.9 Å². The Balaban J connectivity index is 3.70. The summed E-state index contributed by atoms with van der Waals surface area (Å²) in [6, 6.07) is 0. The summed E-state index contributed by atoms with van der Waals surface area (Å²) in [6.07, 6.45) is 2.13. The molecule has 0 aliphatic carbocycles. The molecule has 0 aromatic carbocycles. The molecule has 26 heavy (non-hydrogen) atoms. The summed E-state index contributed by atoms with van der Waals surface area (Å²) in [7, 11) is 0. The fraction of sp³-hybridized carbons (Fsp3) is 0.556. The second kappa shape index (κ2) is 13.6. The van der Waals surface area contributed by atoms with Gasteiger partial charge in [0, 0.05) is 24.0 Å². The summed E-state index contributed by atoms with van der Waals surface area (Å²) in [4.78, 5) is 43.9. The molecular formula is C18H26O8. The first-order chi connectivity index (χ1) is 12.2. The molecule has 0 saturated heterocycles. The van der Waals surface area contributed by atoms with Crippen molar-refractivity contribution in [1.82, 2.24) is 0 Å². The summed E-state index contributed by atoms with van der Waals surface area (Å²) in [5, 5.41) is 17.0. The zero-order chi connectivity index (χ0) is 19.9. The van der Waals surface area contributed by atoms with E-state index in [9.17, 15) is 19.2 Å². The molecule has 2 N–H and O–H groups in total. The molecule has 0 heterocycles. The van der Waals surface area contributed by atoms with Gasteiger partial charge in [-0.1, -0.05) is 13.2 Å². The van der Waals surface area contributed by atoms with Gasteiger partial charge in [-0.05, 0) is 38.5 Å². The highest BCUT2D eigenvalue weighted by Crippen LogP contribution is 2.09. The number of ether oxygens (including phenoxy) is 2. The van der Waals surface area contributed by atoms with Crippen molar-refractivity contribution in [2.75, 3.05) is 13.2 Å². The van der Waals surface area contributed by atoms with Crippen LogP contribution in [0.2, 0.25) is 0 Å². The third-order valence-electron chi connectivity index (χ3n) is 3.32. The first kappa shape index (κ1) is 23.4. The van der Waals surface area contributed by atoms with Crippen molar-refractivity contribution in [3.63, 3.8) is 0 Å². The van der Waals surface area contributed by atoms with E-state index in [0.29, 0.717) is 25.7 Å². The molecule has 8 nitrogen and oxygen atoms in total. The molecule has 0 spiro atoms. The minimum atomic E-state index is -0.926. The number of unbranched alkanes of at least 4 members (excludes halogenated alkanes) is 1. The van der Waals surface area contributed by atoms with Crippen LogP contribution in [0.15, 0.2) is 24.3 Å². The number of aliphatic carboxylic acids is 2. The van der Waals surface area contributed by atoms with Crippen LogP contribution in [0.4, 0.5) is 0 Å². The normalized spacial score (nSPS) is 10.0. The fourth-order valence-electron chi connectivity index (χ4n) is 1.85. The number of rotatable bonds is 15. The van der Waals surface area contributed by atoms with Crippen molar-refractivity contribution in [1.29, 1.82) is 0 Å². The number of esters is 2. The van der Waals surface area contributed by atoms with Crippen LogP contribution in [0.3, 0.4) is 0 Å². The van der Waals surface area contributed by atoms with Crippen molar-refractivity contribution < 1.29 is 38.9 Å². The van der Waals surface area contributed by atoms with E-state index in [1.807, 2.05) is 0 Å². The molecular weight excluding hydrogens is 344 g/mol. The van der Waals surface area contributed by atoms with E-state index in [1.165, 1.54) is 0 Å². The fourth-order valence-corrected chi connectivity index (χ4v) is 1.85. The average molecular weight is 370 g/mol. The number of carbonyl (C=O) groups excluding carboxylic acids is 2. The molecule has 0 radical (unpaired) electrons. The van der Waals surface area contributed by atoms with E-state index in [4.69, 9.17) is 19.7 Å². The molecule has 8 heteroatoms. The molecule has 0 fully saturated rings. The van der Waals surface area contributed by atoms with Gasteiger partial charge in [0.15, 0.2) is 0 Å². The zero-order valence-electron chi connectivity index (χ0n) is 14.8. The van der Waals surface area contributed by atoms with Gasteiger partial charge in [-0.25, -0.2) is 9.59 Å². The van der Waals surface area contributed by atoms with Gasteiger partial charge in [0.2, 0.25) is 0 Å². The van der Waals surface area contributed by atoms with E-state index >= 15 is 0 Å². The SMILES string of the molecule is C=C(CCCC(=O)O)C(=O)OCCCCOC(=O)C(=C)CCCC(=O)O. The Hall–Kier alpha value is -2.64. The van der Waals surface area contributed by atoms with Crippen LogP contribution < -0.4 is 0 Å². The Kier molecular flexibility index (Phi) is 12.2. The van der Waals surface area contributed by atoms with Gasteiger partial charge in [0.1, 0.15) is 0 Å². The molecule has 0 saturated carbocycles. The monoisotopic (exact) mass is 370 g/mol. The second-order valence-corrected chi connectivity index (χ2v) is 5.68. The van der Waals surface area contributed by atoms with E-state index in [0.717, 1.165) is 0 Å². The molecule has 146 valence electrons. The van der Waals surface area contributed by atoms with Gasteiger partial charge in [-0.2, -0.15) is 0 Å². The lowest BCUT2D eigenvalue weighted by atomic mass is 10.1. The molecule has 0 amide bonds. The first-order valence-corrected chi connectivity index (χ1v) is 8.37. The van der Waals surface area contributed by atoms with Gasteiger partial charge < -0.3 is 19.7 Å². The highest BCUT2D eigenvalue weighted by Gasteiger charge is 2.11. The lowest BCUT2D eigenvalue weighted by Gasteiger charge is -2.08. The molecule has 0 atom stereocenters. The van der Waals surface area contributed by atoms with Gasteiger partial charge >= 0.3 is 23.9 Å². The van der Waals surface area contributed by atoms with Crippen LogP contribution in [0.1, 0.15) is 51.4 Å². The molecule has 0 rings (SSSR count). The maximum absolute atomic E-state index is 11.6. The Morgan fingerprint density at radius 3 is 1.27 bits per heavy atom. The molecule has 0 aromatic heterocycles. The standard InChI is InChI=1S/C18H26O8/c1-13(7-5-9-15(19)20)17(23)25-11-3-4-12-26-18(24)14(2)8-6-10-16(21)22/h1-12H2,(H,19,20)(H,21,22). The lowest BCUT2D eigenvalue weighted by Crippen LogP contribution is -2.11. The highest BCUT2D eigenvalue weighted by atomic mass is 16.5. The second-order valence-electron chi connectivity index (χ2n) is 5.68. The van der Waals surface area contributed by atoms with Gasteiger partial charge in [-0.15, -0.1) is 0 Å². The molecule has 0 unspecified atom stereocenters. The van der Waals surface area contributed by atoms with Gasteiger partial charge in [0.05, 0.1) is 13.2 Å². The first-order valence-electron chi connectivity index (χ1n) is 8.37. The van der Waals surface area contributed by atoms with Crippen LogP contribution in [0.5, 0.6) is 0 Å². The Labute approximate surface area is 152 Å². The number of carboxylic acids is 2. The topological polar surface area (TPSA) is 127 Å². The number of carbonyl (C=O) groups is 4. The van der Waals surface area contributed by atoms with E-state index < -0.39 is 23.9 Å². The maximum Gasteiger partial charge on any atom is 0.333 e. The van der Waals surface area contributed by atoms with Crippen molar-refractivity contribution in [3.8, 4) is 0 Å². The Morgan fingerprint density at radius 1 is 0.615 bits per heavy atom. The quantitative estimate of drug-likeness (QED) is 0.256. The smallest absolute Gasteiger partial charge is 0.333 e. The molecule has 0 aliphatic rings. The third-order valence-corrected chi connectivity index (χ3v) is 3.32. The van der Waals surface area contributed by atoms with Crippen molar-refractivity contribution in [3.05, 3.63) is 24.3 Å². The minimum absolute atomic E-state index is 0.0285. The maximum atomic E-state index is 11.6. The Bertz CT molecular complexity index is 487. The number of hydrogen-bond donors (Lipinski definition) is 2. The summed E-state index contributed by atoms with van der Waals surface area (Å²) < 4.78 is 9.98. The van der Waals surface area contributed by atoms with Crippen LogP contribution in [0.25, 0.3) is 0 Å². The van der Waals surface area contributed by atoms with Gasteiger partial charge in [0.25, 0.3) is 0 Å². The molecule has 0 aliphatic heterocycles. The van der Waals surface area contributed by atoms with E-state index in [-0.39, 0.29) is 50.0 Å². The highest BCUT2D eigenvalue weighted by molar-refractivity contribution is 5.88. The molecule has 0 aromatic rings. The predicted molar refractivity (Wildman–Crippen MR) is 92.4 cm³/mol. The van der Waals surface area contributed by atoms with E-state index in [1.54, 1.807) is 0 Å². The van der Waals surface area contributed by atoms with Crippen molar-refractivity contribution in [2.24, 2.45) is 0 Å². The van der Waals surface area contributed by atoms with Crippen molar-refractivity contribution in [2.45, 2.75) is 51.4 Å². The number of carboxylic acid groups (broad SMARTS) is 2.